The highest BCUT2D eigenvalue weighted by Crippen LogP contribution is 2.30. The van der Waals surface area contributed by atoms with E-state index in [1.165, 1.54) is 11.6 Å². The molecule has 0 saturated carbocycles. The van der Waals surface area contributed by atoms with E-state index in [4.69, 9.17) is 11.6 Å². The second kappa shape index (κ2) is 6.50. The molecule has 2 aromatic rings. The molecule has 0 N–H and O–H groups in total. The summed E-state index contributed by atoms with van der Waals surface area (Å²) in [6.07, 6.45) is 0.446. The molecule has 114 valence electrons. The van der Waals surface area contributed by atoms with Gasteiger partial charge in [0.1, 0.15) is 5.82 Å². The van der Waals surface area contributed by atoms with Crippen LogP contribution in [0.2, 0.25) is 5.02 Å². The van der Waals surface area contributed by atoms with Gasteiger partial charge in [0.15, 0.2) is 0 Å². The van der Waals surface area contributed by atoms with Crippen LogP contribution in [0, 0.1) is 17.1 Å². The van der Waals surface area contributed by atoms with Crippen LogP contribution in [0.15, 0.2) is 42.5 Å². The summed E-state index contributed by atoms with van der Waals surface area (Å²) in [5.74, 6) is -1.01. The first-order valence-corrected chi connectivity index (χ1v) is 7.63. The number of rotatable bonds is 3. The molecule has 1 nitrogen and oxygen atoms in total. The van der Waals surface area contributed by atoms with E-state index in [9.17, 15) is 9.65 Å². The smallest absolute Gasteiger partial charge is 0.129 e. The van der Waals surface area contributed by atoms with Gasteiger partial charge in [-0.3, -0.25) is 0 Å². The maximum absolute atomic E-state index is 14.0. The fourth-order valence-electron chi connectivity index (χ4n) is 2.43. The topological polar surface area (TPSA) is 23.8 Å². The van der Waals surface area contributed by atoms with Gasteiger partial charge in [0, 0.05) is 10.6 Å². The van der Waals surface area contributed by atoms with Crippen LogP contribution in [-0.2, 0) is 11.8 Å². The van der Waals surface area contributed by atoms with E-state index in [1.54, 1.807) is 12.1 Å². The second-order valence-electron chi connectivity index (χ2n) is 6.47. The minimum atomic E-state index is -0.589. The molecule has 0 bridgehead atoms. The summed E-state index contributed by atoms with van der Waals surface area (Å²) >= 11 is 6.06. The number of hydrogen-bond donors (Lipinski definition) is 0. The lowest BCUT2D eigenvalue weighted by molar-refractivity contribution is 0.589. The first-order chi connectivity index (χ1) is 10.3. The Balaban J connectivity index is 2.27. The van der Waals surface area contributed by atoms with Crippen LogP contribution in [0.4, 0.5) is 4.39 Å². The zero-order valence-electron chi connectivity index (χ0n) is 13.0. The van der Waals surface area contributed by atoms with Crippen LogP contribution in [0.5, 0.6) is 0 Å². The third-order valence-electron chi connectivity index (χ3n) is 3.76. The van der Waals surface area contributed by atoms with Crippen LogP contribution in [0.3, 0.4) is 0 Å². The molecule has 0 fully saturated rings. The van der Waals surface area contributed by atoms with Crippen molar-refractivity contribution in [2.75, 3.05) is 0 Å². The maximum atomic E-state index is 14.0. The molecule has 0 aliphatic carbocycles. The van der Waals surface area contributed by atoms with Crippen molar-refractivity contribution < 1.29 is 4.39 Å². The molecule has 2 aromatic carbocycles. The molecule has 3 heteroatoms. The van der Waals surface area contributed by atoms with E-state index in [-0.39, 0.29) is 11.0 Å². The van der Waals surface area contributed by atoms with Crippen molar-refractivity contribution in [2.45, 2.75) is 38.5 Å². The van der Waals surface area contributed by atoms with E-state index in [0.717, 1.165) is 5.56 Å². The van der Waals surface area contributed by atoms with Gasteiger partial charge in [0.25, 0.3) is 0 Å². The first kappa shape index (κ1) is 16.5. The van der Waals surface area contributed by atoms with Gasteiger partial charge in [-0.15, -0.1) is 0 Å². The van der Waals surface area contributed by atoms with Gasteiger partial charge in [-0.2, -0.15) is 5.26 Å². The Hall–Kier alpha value is -1.85. The second-order valence-corrected chi connectivity index (χ2v) is 6.88. The minimum Gasteiger partial charge on any atom is -0.207 e. The van der Waals surface area contributed by atoms with E-state index < -0.39 is 11.7 Å². The Morgan fingerprint density at radius 1 is 1.14 bits per heavy atom. The fraction of sp³-hybridized carbons (Fsp3) is 0.316. The molecule has 22 heavy (non-hydrogen) atoms. The van der Waals surface area contributed by atoms with Gasteiger partial charge in [0.2, 0.25) is 0 Å². The lowest BCUT2D eigenvalue weighted by Gasteiger charge is -2.19. The van der Waals surface area contributed by atoms with E-state index in [0.29, 0.717) is 11.4 Å². The molecule has 2 rings (SSSR count). The molecule has 0 amide bonds. The van der Waals surface area contributed by atoms with Crippen LogP contribution >= 0.6 is 11.6 Å². The number of nitriles is 1. The van der Waals surface area contributed by atoms with Gasteiger partial charge >= 0.3 is 0 Å². The van der Waals surface area contributed by atoms with Crippen molar-refractivity contribution in [1.82, 2.24) is 0 Å². The third-order valence-corrected chi connectivity index (χ3v) is 4.09. The first-order valence-electron chi connectivity index (χ1n) is 7.26. The summed E-state index contributed by atoms with van der Waals surface area (Å²) in [6, 6.07) is 14.8. The molecule has 0 saturated heterocycles. The SMILES string of the molecule is CC(C)(C)c1ccc(CC(C#N)c2c(F)cccc2Cl)cc1. The third kappa shape index (κ3) is 3.67. The number of hydrogen-bond acceptors (Lipinski definition) is 1. The van der Waals surface area contributed by atoms with Crippen LogP contribution in [0.25, 0.3) is 0 Å². The quantitative estimate of drug-likeness (QED) is 0.720. The van der Waals surface area contributed by atoms with Crippen LogP contribution in [0.1, 0.15) is 43.4 Å². The van der Waals surface area contributed by atoms with Crippen molar-refractivity contribution in [3.8, 4) is 6.07 Å². The molecule has 0 heterocycles. The zero-order chi connectivity index (χ0) is 16.3. The fourth-order valence-corrected chi connectivity index (χ4v) is 2.73. The summed E-state index contributed by atoms with van der Waals surface area (Å²) in [4.78, 5) is 0. The van der Waals surface area contributed by atoms with Gasteiger partial charge in [-0.25, -0.2) is 4.39 Å². The Bertz CT molecular complexity index is 673. The van der Waals surface area contributed by atoms with E-state index in [1.807, 2.05) is 12.1 Å². The molecular weight excluding hydrogens is 297 g/mol. The molecule has 0 spiro atoms. The average Bonchev–Trinajstić information content (AvgIpc) is 2.45. The molecule has 0 aliphatic rings. The van der Waals surface area contributed by atoms with Crippen LogP contribution in [-0.4, -0.2) is 0 Å². The average molecular weight is 316 g/mol. The summed E-state index contributed by atoms with van der Waals surface area (Å²) in [5, 5.41) is 9.70. The standard InChI is InChI=1S/C19H19ClFN/c1-19(2,3)15-9-7-13(8-10-15)11-14(12-22)18-16(20)5-4-6-17(18)21/h4-10,14H,11H2,1-3H3. The number of benzene rings is 2. The summed E-state index contributed by atoms with van der Waals surface area (Å²) in [6.45, 7) is 6.46. The van der Waals surface area contributed by atoms with Gasteiger partial charge < -0.3 is 0 Å². The largest absolute Gasteiger partial charge is 0.207 e. The van der Waals surface area contributed by atoms with Gasteiger partial charge in [0.05, 0.1) is 12.0 Å². The highest BCUT2D eigenvalue weighted by Gasteiger charge is 2.20. The highest BCUT2D eigenvalue weighted by atomic mass is 35.5. The summed E-state index contributed by atoms with van der Waals surface area (Å²) in [5.41, 5.74) is 2.60. The van der Waals surface area contributed by atoms with Gasteiger partial charge in [-0.1, -0.05) is 62.7 Å². The zero-order valence-corrected chi connectivity index (χ0v) is 13.8. The van der Waals surface area contributed by atoms with E-state index in [2.05, 4.69) is 39.0 Å². The van der Waals surface area contributed by atoms with Gasteiger partial charge in [-0.05, 0) is 35.1 Å². The van der Waals surface area contributed by atoms with Crippen LogP contribution < -0.4 is 0 Å². The lowest BCUT2D eigenvalue weighted by atomic mass is 9.85. The lowest BCUT2D eigenvalue weighted by Crippen LogP contribution is -2.11. The number of halogens is 2. The highest BCUT2D eigenvalue weighted by molar-refractivity contribution is 6.31. The molecule has 0 radical (unpaired) electrons. The van der Waals surface area contributed by atoms with E-state index >= 15 is 0 Å². The number of nitrogens with zero attached hydrogens (tertiary/aromatic N) is 1. The molecule has 0 aromatic heterocycles. The predicted molar refractivity (Wildman–Crippen MR) is 88.6 cm³/mol. The van der Waals surface area contributed by atoms with Crippen molar-refractivity contribution in [3.05, 3.63) is 70.0 Å². The van der Waals surface area contributed by atoms with Crippen molar-refractivity contribution in [2.24, 2.45) is 0 Å². The van der Waals surface area contributed by atoms with Crippen molar-refractivity contribution in [3.63, 3.8) is 0 Å². The Labute approximate surface area is 136 Å². The normalized spacial score (nSPS) is 12.7. The monoisotopic (exact) mass is 315 g/mol. The Morgan fingerprint density at radius 3 is 2.27 bits per heavy atom. The predicted octanol–water partition coefficient (Wildman–Crippen LogP) is 5.63. The molecule has 1 unspecified atom stereocenters. The maximum Gasteiger partial charge on any atom is 0.129 e. The Morgan fingerprint density at radius 2 is 1.77 bits per heavy atom. The molecule has 1 atom stereocenters. The Kier molecular flexibility index (Phi) is 4.88. The minimum absolute atomic E-state index is 0.0853. The van der Waals surface area contributed by atoms with Crippen molar-refractivity contribution in [1.29, 1.82) is 5.26 Å². The molecular formula is C19H19ClFN. The summed E-state index contributed by atoms with van der Waals surface area (Å²) in [7, 11) is 0. The van der Waals surface area contributed by atoms with Crippen molar-refractivity contribution >= 4 is 11.6 Å². The molecule has 0 aliphatic heterocycles. The summed E-state index contributed by atoms with van der Waals surface area (Å²) < 4.78 is 14.0.